The lowest BCUT2D eigenvalue weighted by Gasteiger charge is -2.24. The van der Waals surface area contributed by atoms with Crippen LogP contribution in [-0.2, 0) is 10.0 Å². The zero-order valence-electron chi connectivity index (χ0n) is 14.3. The summed E-state index contributed by atoms with van der Waals surface area (Å²) in [7, 11) is -5.23. The molecule has 0 bridgehead atoms. The Bertz CT molecular complexity index is 968. The zero-order chi connectivity index (χ0) is 21.1. The first-order valence-electron chi connectivity index (χ1n) is 7.79. The quantitative estimate of drug-likeness (QED) is 0.346. The molecule has 0 aliphatic rings. The molecule has 2 aromatic rings. The molecule has 0 spiro atoms. The summed E-state index contributed by atoms with van der Waals surface area (Å²) >= 11 is 5.99. The Morgan fingerprint density at radius 3 is 2.32 bits per heavy atom. The molecule has 2 aromatic carbocycles. The van der Waals surface area contributed by atoms with Gasteiger partial charge in [-0.3, -0.25) is 10.1 Å². The van der Waals surface area contributed by atoms with Gasteiger partial charge in [0.1, 0.15) is 15.7 Å². The maximum absolute atomic E-state index is 13.3. The van der Waals surface area contributed by atoms with Crippen molar-refractivity contribution in [3.63, 3.8) is 0 Å². The number of nitro benzene ring substituents is 1. The van der Waals surface area contributed by atoms with E-state index in [2.05, 4.69) is 0 Å². The second-order valence-electron chi connectivity index (χ2n) is 5.47. The molecule has 7 nitrogen and oxygen atoms in total. The van der Waals surface area contributed by atoms with Crippen molar-refractivity contribution in [3.8, 4) is 11.5 Å². The first kappa shape index (κ1) is 21.9. The highest BCUT2D eigenvalue weighted by atomic mass is 35.5. The van der Waals surface area contributed by atoms with Crippen LogP contribution in [0.4, 0.5) is 18.9 Å². The summed E-state index contributed by atoms with van der Waals surface area (Å²) in [5.41, 5.74) is -0.785. The predicted octanol–water partition coefficient (Wildman–Crippen LogP) is 4.96. The molecule has 152 valence electrons. The number of benzene rings is 2. The van der Waals surface area contributed by atoms with Gasteiger partial charge in [0.15, 0.2) is 5.75 Å². The third-order valence-electron chi connectivity index (χ3n) is 3.45. The Kier molecular flexibility index (Phi) is 6.52. The van der Waals surface area contributed by atoms with Crippen molar-refractivity contribution in [2.45, 2.75) is 24.5 Å². The Morgan fingerprint density at radius 1 is 1.21 bits per heavy atom. The van der Waals surface area contributed by atoms with E-state index in [4.69, 9.17) is 16.3 Å². The summed E-state index contributed by atoms with van der Waals surface area (Å²) in [6.07, 6.45) is -5.37. The van der Waals surface area contributed by atoms with Crippen LogP contribution in [0.5, 0.6) is 11.5 Å². The normalized spacial score (nSPS) is 12.2. The van der Waals surface area contributed by atoms with Crippen molar-refractivity contribution in [2.24, 2.45) is 0 Å². The van der Waals surface area contributed by atoms with Crippen molar-refractivity contribution in [2.75, 3.05) is 6.54 Å². The van der Waals surface area contributed by atoms with Crippen molar-refractivity contribution in [3.05, 3.63) is 57.6 Å². The van der Waals surface area contributed by atoms with E-state index in [1.807, 2.05) is 0 Å². The van der Waals surface area contributed by atoms with Gasteiger partial charge in [0.25, 0.3) is 15.7 Å². The number of non-ortho nitro benzene ring substituents is 1. The van der Waals surface area contributed by atoms with Crippen LogP contribution in [0.15, 0.2) is 47.4 Å². The Balaban J connectivity index is 2.67. The predicted molar refractivity (Wildman–Crippen MR) is 94.9 cm³/mol. The third-order valence-corrected chi connectivity index (χ3v) is 5.80. The van der Waals surface area contributed by atoms with Crippen molar-refractivity contribution >= 4 is 27.3 Å². The van der Waals surface area contributed by atoms with E-state index in [0.717, 1.165) is 6.07 Å². The zero-order valence-corrected chi connectivity index (χ0v) is 15.9. The van der Waals surface area contributed by atoms with Crippen molar-refractivity contribution in [1.82, 2.24) is 4.31 Å². The second-order valence-corrected chi connectivity index (χ2v) is 7.68. The fourth-order valence-corrected chi connectivity index (χ4v) is 4.22. The molecule has 0 unspecified atom stereocenters. The summed E-state index contributed by atoms with van der Waals surface area (Å²) in [6, 6.07) is 9.04. The molecular formula is C16H14ClF3N2O5S. The molecular weight excluding hydrogens is 425 g/mol. The lowest BCUT2D eigenvalue weighted by Crippen LogP contribution is -2.43. The van der Waals surface area contributed by atoms with Crippen LogP contribution in [0, 0.1) is 10.1 Å². The van der Waals surface area contributed by atoms with Gasteiger partial charge in [0.2, 0.25) is 0 Å². The van der Waals surface area contributed by atoms with Gasteiger partial charge in [0.05, 0.1) is 11.0 Å². The van der Waals surface area contributed by atoms with Crippen LogP contribution in [0.2, 0.25) is 5.02 Å². The van der Waals surface area contributed by atoms with Crippen LogP contribution in [0.25, 0.3) is 0 Å². The van der Waals surface area contributed by atoms with Gasteiger partial charge in [-0.25, -0.2) is 8.42 Å². The molecule has 0 heterocycles. The van der Waals surface area contributed by atoms with Gasteiger partial charge < -0.3 is 4.74 Å². The minimum Gasteiger partial charge on any atom is -0.455 e. The van der Waals surface area contributed by atoms with Gasteiger partial charge in [-0.2, -0.15) is 13.2 Å². The maximum atomic E-state index is 13.3. The topological polar surface area (TPSA) is 89.8 Å². The molecule has 0 amide bonds. The number of ether oxygens (including phenoxy) is 1. The smallest absolute Gasteiger partial charge is 0.455 e. The van der Waals surface area contributed by atoms with Crippen molar-refractivity contribution < 1.29 is 31.2 Å². The van der Waals surface area contributed by atoms with Gasteiger partial charge in [-0.15, -0.1) is 4.31 Å². The molecule has 0 N–H and O–H groups in total. The first-order valence-corrected chi connectivity index (χ1v) is 9.60. The summed E-state index contributed by atoms with van der Waals surface area (Å²) in [5.74, 6) is -0.297. The van der Waals surface area contributed by atoms with Gasteiger partial charge in [-0.05, 0) is 18.6 Å². The van der Waals surface area contributed by atoms with Crippen LogP contribution >= 0.6 is 11.6 Å². The number of hydrogen-bond donors (Lipinski definition) is 0. The number of nitrogens with zero attached hydrogens (tertiary/aromatic N) is 2. The molecule has 0 atom stereocenters. The summed E-state index contributed by atoms with van der Waals surface area (Å²) in [6.45, 7) is 0.479. The number of sulfonamides is 1. The Labute approximate surface area is 163 Å². The van der Waals surface area contributed by atoms with E-state index in [1.165, 1.54) is 19.1 Å². The first-order chi connectivity index (χ1) is 13.0. The third kappa shape index (κ3) is 4.72. The molecule has 0 fully saturated rings. The molecule has 12 heteroatoms. The summed E-state index contributed by atoms with van der Waals surface area (Å²) < 4.78 is 69.7. The highest BCUT2D eigenvalue weighted by Crippen LogP contribution is 2.41. The van der Waals surface area contributed by atoms with Crippen molar-refractivity contribution in [1.29, 1.82) is 0 Å². The van der Waals surface area contributed by atoms with E-state index in [-0.39, 0.29) is 12.2 Å². The Hall–Kier alpha value is -2.37. The summed E-state index contributed by atoms with van der Waals surface area (Å²) in [5, 5.41) is 10.5. The van der Waals surface area contributed by atoms with E-state index >= 15 is 0 Å². The molecule has 2 rings (SSSR count). The minimum absolute atomic E-state index is 0.140. The van der Waals surface area contributed by atoms with Gasteiger partial charge >= 0.3 is 6.30 Å². The minimum atomic E-state index is -5.23. The average Bonchev–Trinajstić information content (AvgIpc) is 2.60. The Morgan fingerprint density at radius 2 is 1.82 bits per heavy atom. The average molecular weight is 439 g/mol. The SMILES string of the molecule is CCCN(C(F)(F)F)S(=O)(=O)c1cc([N+](=O)[O-])cc(Oc2ccccc2)c1Cl. The second kappa shape index (κ2) is 8.33. The number of alkyl halides is 3. The monoisotopic (exact) mass is 438 g/mol. The fourth-order valence-electron chi connectivity index (χ4n) is 2.25. The van der Waals surface area contributed by atoms with E-state index in [9.17, 15) is 31.7 Å². The lowest BCUT2D eigenvalue weighted by molar-refractivity contribution is -0.385. The number of nitro groups is 1. The highest BCUT2D eigenvalue weighted by Gasteiger charge is 2.47. The number of para-hydroxylation sites is 1. The van der Waals surface area contributed by atoms with Gasteiger partial charge in [-0.1, -0.05) is 36.7 Å². The van der Waals surface area contributed by atoms with Crippen LogP contribution in [-0.4, -0.2) is 30.5 Å². The van der Waals surface area contributed by atoms with Crippen LogP contribution < -0.4 is 4.74 Å². The van der Waals surface area contributed by atoms with Crippen LogP contribution in [0.1, 0.15) is 13.3 Å². The summed E-state index contributed by atoms with van der Waals surface area (Å²) in [4.78, 5) is 9.14. The molecule has 0 aromatic heterocycles. The van der Waals surface area contributed by atoms with E-state index in [1.54, 1.807) is 18.2 Å². The number of rotatable bonds is 7. The molecule has 0 saturated carbocycles. The molecule has 0 radical (unpaired) electrons. The molecule has 0 aliphatic carbocycles. The molecule has 0 aliphatic heterocycles. The van der Waals surface area contributed by atoms with E-state index in [0.29, 0.717) is 6.07 Å². The number of halogens is 4. The highest BCUT2D eigenvalue weighted by molar-refractivity contribution is 7.89. The molecule has 0 saturated heterocycles. The number of hydrogen-bond acceptors (Lipinski definition) is 5. The van der Waals surface area contributed by atoms with Gasteiger partial charge in [0, 0.05) is 12.6 Å². The molecule has 28 heavy (non-hydrogen) atoms. The maximum Gasteiger partial charge on any atom is 0.473 e. The largest absolute Gasteiger partial charge is 0.473 e. The fraction of sp³-hybridized carbons (Fsp3) is 0.250. The lowest BCUT2D eigenvalue weighted by atomic mass is 10.3. The standard InChI is InChI=1S/C16H14ClF3N2O5S/c1-2-8-21(16(18,19)20)28(25,26)14-10-11(22(23)24)9-13(15(14)17)27-12-6-4-3-5-7-12/h3-7,9-10H,2,8H2,1H3. The van der Waals surface area contributed by atoms with Crippen LogP contribution in [0.3, 0.4) is 0 Å². The van der Waals surface area contributed by atoms with E-state index < -0.39 is 53.5 Å².